The molecule has 0 saturated heterocycles. The van der Waals surface area contributed by atoms with E-state index in [2.05, 4.69) is 30.6 Å². The molecule has 3 aromatic rings. The molecule has 6 heteroatoms. The van der Waals surface area contributed by atoms with Crippen LogP contribution in [0.1, 0.15) is 0 Å². The van der Waals surface area contributed by atoms with Gasteiger partial charge in [-0.25, -0.2) is 4.98 Å². The lowest BCUT2D eigenvalue weighted by Crippen LogP contribution is -1.83. The molecule has 0 saturated carbocycles. The molecule has 2 heterocycles. The maximum absolute atomic E-state index is 4.17. The molecule has 0 aliphatic carbocycles. The quantitative estimate of drug-likeness (QED) is 0.669. The Morgan fingerprint density at radius 3 is 2.44 bits per heavy atom. The molecule has 0 fully saturated rings. The van der Waals surface area contributed by atoms with Crippen molar-refractivity contribution in [2.75, 3.05) is 0 Å². The average Bonchev–Trinajstić information content (AvgIpc) is 3.03. The number of nitrogens with one attached hydrogen (secondary N) is 2. The number of H-pyrrole nitrogens is 2. The van der Waals surface area contributed by atoms with Gasteiger partial charge in [0.15, 0.2) is 0 Å². The van der Waals surface area contributed by atoms with E-state index in [1.54, 1.807) is 12.4 Å². The summed E-state index contributed by atoms with van der Waals surface area (Å²) in [5.41, 5.74) is 1.95. The third-order valence-electron chi connectivity index (χ3n) is 2.26. The topological polar surface area (TPSA) is 83.1 Å². The van der Waals surface area contributed by atoms with E-state index in [0.717, 1.165) is 17.0 Å². The molecule has 0 aliphatic rings. The van der Waals surface area contributed by atoms with Gasteiger partial charge >= 0.3 is 0 Å². The number of benzene rings is 1. The van der Waals surface area contributed by atoms with Crippen molar-refractivity contribution in [3.63, 3.8) is 0 Å². The zero-order valence-corrected chi connectivity index (χ0v) is 8.25. The van der Waals surface area contributed by atoms with E-state index in [1.807, 2.05) is 24.3 Å². The van der Waals surface area contributed by atoms with Crippen molar-refractivity contribution < 1.29 is 0 Å². The third kappa shape index (κ3) is 1.46. The van der Waals surface area contributed by atoms with Gasteiger partial charge in [0.25, 0.3) is 0 Å². The van der Waals surface area contributed by atoms with E-state index < -0.39 is 0 Å². The van der Waals surface area contributed by atoms with Gasteiger partial charge in [0.1, 0.15) is 5.82 Å². The largest absolute Gasteiger partial charge is 0.345 e. The van der Waals surface area contributed by atoms with E-state index >= 15 is 0 Å². The number of nitrogens with zero attached hydrogens (tertiary/aromatic N) is 4. The Kier molecular flexibility index (Phi) is 1.96. The van der Waals surface area contributed by atoms with E-state index in [1.165, 1.54) is 0 Å². The van der Waals surface area contributed by atoms with Crippen LogP contribution in [-0.4, -0.2) is 30.6 Å². The maximum atomic E-state index is 4.17. The minimum atomic E-state index is 0.589. The number of rotatable bonds is 2. The third-order valence-corrected chi connectivity index (χ3v) is 2.26. The van der Waals surface area contributed by atoms with Gasteiger partial charge in [0, 0.05) is 23.5 Å². The molecule has 2 aromatic heterocycles. The Hall–Kier alpha value is -2.50. The molecule has 0 aliphatic heterocycles. The second-order valence-electron chi connectivity index (χ2n) is 3.25. The summed E-state index contributed by atoms with van der Waals surface area (Å²) in [6.07, 6.45) is 3.52. The second-order valence-corrected chi connectivity index (χ2v) is 3.25. The minimum Gasteiger partial charge on any atom is -0.345 e. The van der Waals surface area contributed by atoms with Gasteiger partial charge in [-0.15, -0.1) is 10.2 Å². The molecule has 2 N–H and O–H groups in total. The number of imidazole rings is 1. The summed E-state index contributed by atoms with van der Waals surface area (Å²) in [7, 11) is 0. The van der Waals surface area contributed by atoms with Crippen LogP contribution < -0.4 is 0 Å². The van der Waals surface area contributed by atoms with Crippen LogP contribution >= 0.6 is 0 Å². The number of aromatic amines is 2. The summed E-state index contributed by atoms with van der Waals surface area (Å²) in [6.45, 7) is 0. The fourth-order valence-corrected chi connectivity index (χ4v) is 1.48. The molecule has 6 nitrogen and oxygen atoms in total. The molecule has 0 spiro atoms. The van der Waals surface area contributed by atoms with E-state index in [9.17, 15) is 0 Å². The van der Waals surface area contributed by atoms with Crippen molar-refractivity contribution in [1.82, 2.24) is 30.6 Å². The fourth-order valence-electron chi connectivity index (χ4n) is 1.48. The Morgan fingerprint density at radius 2 is 1.81 bits per heavy atom. The summed E-state index contributed by atoms with van der Waals surface area (Å²) < 4.78 is 0. The van der Waals surface area contributed by atoms with Crippen LogP contribution in [0.15, 0.2) is 36.7 Å². The molecule has 1 aromatic carbocycles. The average molecular weight is 212 g/mol. The lowest BCUT2D eigenvalue weighted by atomic mass is 10.1. The molecule has 0 atom stereocenters. The first kappa shape index (κ1) is 8.78. The standard InChI is InChI=1S/C10H8N6/c1-3-8(10-13-15-16-14-10)4-2-7(1)9-11-5-6-12-9/h1-6H,(H,11,12)(H,13,14,15,16). The predicted molar refractivity (Wildman–Crippen MR) is 57.2 cm³/mol. The number of aromatic nitrogens is 6. The summed E-state index contributed by atoms with van der Waals surface area (Å²) >= 11 is 0. The van der Waals surface area contributed by atoms with Crippen molar-refractivity contribution in [2.45, 2.75) is 0 Å². The first-order valence-corrected chi connectivity index (χ1v) is 4.77. The maximum Gasteiger partial charge on any atom is 0.204 e. The normalized spacial score (nSPS) is 10.5. The summed E-state index contributed by atoms with van der Waals surface area (Å²) in [5.74, 6) is 1.44. The highest BCUT2D eigenvalue weighted by Gasteiger charge is 2.03. The summed E-state index contributed by atoms with van der Waals surface area (Å²) in [4.78, 5) is 7.22. The number of hydrogen-bond donors (Lipinski definition) is 2. The SMILES string of the molecule is c1c[nH]c(-c2ccc(-c3nn[nH]n3)cc2)n1. The van der Waals surface area contributed by atoms with E-state index in [4.69, 9.17) is 0 Å². The molecule has 0 bridgehead atoms. The van der Waals surface area contributed by atoms with Crippen molar-refractivity contribution in [2.24, 2.45) is 0 Å². The molecule has 0 amide bonds. The van der Waals surface area contributed by atoms with E-state index in [0.29, 0.717) is 5.82 Å². The first-order chi connectivity index (χ1) is 7.93. The molecule has 78 valence electrons. The van der Waals surface area contributed by atoms with Crippen LogP contribution in [0.3, 0.4) is 0 Å². The fraction of sp³-hybridized carbons (Fsp3) is 0. The predicted octanol–water partition coefficient (Wildman–Crippen LogP) is 1.26. The second kappa shape index (κ2) is 3.58. The van der Waals surface area contributed by atoms with E-state index in [-0.39, 0.29) is 0 Å². The highest BCUT2D eigenvalue weighted by atomic mass is 15.5. The molecule has 3 rings (SSSR count). The number of hydrogen-bond acceptors (Lipinski definition) is 4. The van der Waals surface area contributed by atoms with Crippen molar-refractivity contribution in [1.29, 1.82) is 0 Å². The lowest BCUT2D eigenvalue weighted by Gasteiger charge is -1.97. The van der Waals surface area contributed by atoms with Crippen LogP contribution in [0, 0.1) is 0 Å². The van der Waals surface area contributed by atoms with Gasteiger partial charge in [-0.2, -0.15) is 5.21 Å². The van der Waals surface area contributed by atoms with Gasteiger partial charge in [-0.1, -0.05) is 24.3 Å². The molecular formula is C10H8N6. The number of tetrazole rings is 1. The van der Waals surface area contributed by atoms with Gasteiger partial charge in [-0.05, 0) is 5.21 Å². The highest BCUT2D eigenvalue weighted by Crippen LogP contribution is 2.19. The molecular weight excluding hydrogens is 204 g/mol. The zero-order chi connectivity index (χ0) is 10.8. The Morgan fingerprint density at radius 1 is 1.00 bits per heavy atom. The molecule has 0 radical (unpaired) electrons. The van der Waals surface area contributed by atoms with Gasteiger partial charge < -0.3 is 4.98 Å². The highest BCUT2D eigenvalue weighted by molar-refractivity contribution is 5.62. The Labute approximate surface area is 90.7 Å². The van der Waals surface area contributed by atoms with Crippen LogP contribution in [0.5, 0.6) is 0 Å². The molecule has 0 unspecified atom stereocenters. The lowest BCUT2D eigenvalue weighted by molar-refractivity contribution is 0.881. The van der Waals surface area contributed by atoms with Crippen molar-refractivity contribution >= 4 is 0 Å². The van der Waals surface area contributed by atoms with Crippen LogP contribution in [0.4, 0.5) is 0 Å². The van der Waals surface area contributed by atoms with Crippen LogP contribution in [0.2, 0.25) is 0 Å². The zero-order valence-electron chi connectivity index (χ0n) is 8.25. The van der Waals surface area contributed by atoms with Crippen molar-refractivity contribution in [3.8, 4) is 22.8 Å². The Bertz CT molecular complexity index is 499. The van der Waals surface area contributed by atoms with Crippen LogP contribution in [-0.2, 0) is 0 Å². The summed E-state index contributed by atoms with van der Waals surface area (Å²) in [5, 5.41) is 13.8. The van der Waals surface area contributed by atoms with Gasteiger partial charge in [-0.3, -0.25) is 0 Å². The Balaban J connectivity index is 1.97. The monoisotopic (exact) mass is 212 g/mol. The van der Waals surface area contributed by atoms with Crippen molar-refractivity contribution in [3.05, 3.63) is 36.7 Å². The van der Waals surface area contributed by atoms with Gasteiger partial charge in [0.2, 0.25) is 5.82 Å². The first-order valence-electron chi connectivity index (χ1n) is 4.77. The smallest absolute Gasteiger partial charge is 0.204 e. The minimum absolute atomic E-state index is 0.589. The molecule has 16 heavy (non-hydrogen) atoms. The summed E-state index contributed by atoms with van der Waals surface area (Å²) in [6, 6.07) is 7.79. The van der Waals surface area contributed by atoms with Gasteiger partial charge in [0.05, 0.1) is 0 Å². The van der Waals surface area contributed by atoms with Crippen LogP contribution in [0.25, 0.3) is 22.8 Å².